The summed E-state index contributed by atoms with van der Waals surface area (Å²) < 4.78 is 1.85. The monoisotopic (exact) mass is 382 g/mol. The molecule has 0 radical (unpaired) electrons. The number of benzene rings is 1. The van der Waals surface area contributed by atoms with E-state index in [-0.39, 0.29) is 24.4 Å². The van der Waals surface area contributed by atoms with Crippen LogP contribution in [0.25, 0.3) is 5.69 Å². The van der Waals surface area contributed by atoms with Crippen LogP contribution in [0.15, 0.2) is 24.3 Å². The maximum atomic E-state index is 12.2. The van der Waals surface area contributed by atoms with Crippen molar-refractivity contribution in [2.75, 3.05) is 6.54 Å². The van der Waals surface area contributed by atoms with Crippen LogP contribution in [-0.2, 0) is 11.2 Å². The Morgan fingerprint density at radius 1 is 1.36 bits per heavy atom. The summed E-state index contributed by atoms with van der Waals surface area (Å²) in [6.07, 6.45) is 2.69. The van der Waals surface area contributed by atoms with E-state index in [9.17, 15) is 4.79 Å². The average Bonchev–Trinajstić information content (AvgIpc) is 3.37. The Morgan fingerprint density at radius 2 is 2.00 bits per heavy atom. The Labute approximate surface area is 159 Å². The highest BCUT2D eigenvalue weighted by Gasteiger charge is 2.28. The SMILES string of the molecule is Cc1nn(-c2ccc(Cl)cc2)c(C)c1CC(=O)NCC(N)C1CC1.Cl. The number of halogens is 2. The van der Waals surface area contributed by atoms with Gasteiger partial charge in [-0.1, -0.05) is 11.6 Å². The number of nitrogens with two attached hydrogens (primary N) is 1. The van der Waals surface area contributed by atoms with Crippen LogP contribution in [-0.4, -0.2) is 28.3 Å². The molecule has 5 nitrogen and oxygen atoms in total. The van der Waals surface area contributed by atoms with Crippen LogP contribution in [0.2, 0.25) is 5.02 Å². The van der Waals surface area contributed by atoms with Gasteiger partial charge in [-0.25, -0.2) is 4.68 Å². The van der Waals surface area contributed by atoms with Crippen molar-refractivity contribution in [3.63, 3.8) is 0 Å². The lowest BCUT2D eigenvalue weighted by atomic mass is 10.1. The number of hydrogen-bond acceptors (Lipinski definition) is 3. The maximum Gasteiger partial charge on any atom is 0.224 e. The molecule has 0 aliphatic heterocycles. The molecule has 1 unspecified atom stereocenters. The van der Waals surface area contributed by atoms with Gasteiger partial charge < -0.3 is 11.1 Å². The second kappa shape index (κ2) is 8.21. The van der Waals surface area contributed by atoms with Crippen LogP contribution in [0, 0.1) is 19.8 Å². The quantitative estimate of drug-likeness (QED) is 0.806. The Morgan fingerprint density at radius 3 is 2.60 bits per heavy atom. The molecular weight excluding hydrogens is 359 g/mol. The lowest BCUT2D eigenvalue weighted by molar-refractivity contribution is -0.120. The summed E-state index contributed by atoms with van der Waals surface area (Å²) in [5.74, 6) is 0.578. The van der Waals surface area contributed by atoms with Crippen molar-refractivity contribution in [1.82, 2.24) is 15.1 Å². The molecule has 1 aliphatic carbocycles. The van der Waals surface area contributed by atoms with Crippen LogP contribution in [0.1, 0.15) is 29.8 Å². The Hall–Kier alpha value is -1.56. The zero-order chi connectivity index (χ0) is 17.3. The molecule has 1 fully saturated rings. The first kappa shape index (κ1) is 19.8. The fourth-order valence-corrected chi connectivity index (χ4v) is 3.04. The molecule has 136 valence electrons. The Balaban J connectivity index is 0.00000225. The minimum Gasteiger partial charge on any atom is -0.354 e. The molecule has 1 aromatic heterocycles. The standard InChI is InChI=1S/C18H23ClN4O.ClH/c1-11-16(9-18(24)21-10-17(20)13-3-4-13)12(2)23(22-11)15-7-5-14(19)6-8-15;/h5-8,13,17H,3-4,9-10,20H2,1-2H3,(H,21,24);1H. The van der Waals surface area contributed by atoms with Gasteiger partial charge in [0.15, 0.2) is 0 Å². The van der Waals surface area contributed by atoms with Crippen LogP contribution in [0.3, 0.4) is 0 Å². The van der Waals surface area contributed by atoms with Gasteiger partial charge in [0.25, 0.3) is 0 Å². The molecule has 1 heterocycles. The van der Waals surface area contributed by atoms with Crippen LogP contribution < -0.4 is 11.1 Å². The molecular formula is C18H24Cl2N4O. The first-order chi connectivity index (χ1) is 11.5. The van der Waals surface area contributed by atoms with Crippen molar-refractivity contribution in [2.45, 2.75) is 39.2 Å². The van der Waals surface area contributed by atoms with Crippen molar-refractivity contribution >= 4 is 29.9 Å². The summed E-state index contributed by atoms with van der Waals surface area (Å²) in [5.41, 5.74) is 9.76. The van der Waals surface area contributed by atoms with Gasteiger partial charge in [-0.2, -0.15) is 5.10 Å². The number of carbonyl (C=O) groups is 1. The van der Waals surface area contributed by atoms with E-state index in [1.807, 2.05) is 42.8 Å². The van der Waals surface area contributed by atoms with Crippen molar-refractivity contribution in [1.29, 1.82) is 0 Å². The average molecular weight is 383 g/mol. The molecule has 1 saturated carbocycles. The zero-order valence-electron chi connectivity index (χ0n) is 14.5. The number of hydrogen-bond donors (Lipinski definition) is 2. The van der Waals surface area contributed by atoms with Gasteiger partial charge in [0.2, 0.25) is 5.91 Å². The van der Waals surface area contributed by atoms with Gasteiger partial charge in [-0.3, -0.25) is 4.79 Å². The van der Waals surface area contributed by atoms with Crippen molar-refractivity contribution in [2.24, 2.45) is 11.7 Å². The molecule has 1 amide bonds. The number of aryl methyl sites for hydroxylation is 1. The molecule has 1 atom stereocenters. The van der Waals surface area contributed by atoms with E-state index in [2.05, 4.69) is 10.4 Å². The molecule has 25 heavy (non-hydrogen) atoms. The van der Waals surface area contributed by atoms with E-state index in [1.165, 1.54) is 12.8 Å². The lowest BCUT2D eigenvalue weighted by Gasteiger charge is -2.11. The van der Waals surface area contributed by atoms with Crippen LogP contribution in [0.5, 0.6) is 0 Å². The number of carbonyl (C=O) groups excluding carboxylic acids is 1. The third-order valence-electron chi connectivity index (χ3n) is 4.61. The van der Waals surface area contributed by atoms with Gasteiger partial charge in [0.05, 0.1) is 17.8 Å². The normalized spacial score (nSPS) is 14.7. The summed E-state index contributed by atoms with van der Waals surface area (Å²) in [7, 11) is 0. The third-order valence-corrected chi connectivity index (χ3v) is 4.86. The van der Waals surface area contributed by atoms with Crippen molar-refractivity contribution in [3.8, 4) is 5.69 Å². The van der Waals surface area contributed by atoms with Crippen LogP contribution >= 0.6 is 24.0 Å². The van der Waals surface area contributed by atoms with E-state index in [0.717, 1.165) is 22.6 Å². The lowest BCUT2D eigenvalue weighted by Crippen LogP contribution is -2.39. The number of nitrogens with zero attached hydrogens (tertiary/aromatic N) is 2. The first-order valence-corrected chi connectivity index (χ1v) is 8.67. The van der Waals surface area contributed by atoms with E-state index in [4.69, 9.17) is 17.3 Å². The minimum atomic E-state index is -0.00652. The highest BCUT2D eigenvalue weighted by molar-refractivity contribution is 6.30. The molecule has 7 heteroatoms. The van der Waals surface area contributed by atoms with E-state index >= 15 is 0 Å². The van der Waals surface area contributed by atoms with Gasteiger partial charge in [0, 0.05) is 28.9 Å². The minimum absolute atomic E-state index is 0. The second-order valence-electron chi connectivity index (χ2n) is 6.52. The Bertz CT molecular complexity index is 738. The molecule has 0 spiro atoms. The molecule has 0 bridgehead atoms. The Kier molecular flexibility index (Phi) is 6.49. The van der Waals surface area contributed by atoms with Crippen molar-refractivity contribution in [3.05, 3.63) is 46.2 Å². The molecule has 1 aliphatic rings. The molecule has 1 aromatic carbocycles. The molecule has 3 rings (SSSR count). The first-order valence-electron chi connectivity index (χ1n) is 8.29. The second-order valence-corrected chi connectivity index (χ2v) is 6.96. The maximum absolute atomic E-state index is 12.2. The topological polar surface area (TPSA) is 72.9 Å². The van der Waals surface area contributed by atoms with Crippen LogP contribution in [0.4, 0.5) is 0 Å². The predicted octanol–water partition coefficient (Wildman–Crippen LogP) is 2.96. The summed E-state index contributed by atoms with van der Waals surface area (Å²) in [6.45, 7) is 4.46. The number of aromatic nitrogens is 2. The van der Waals surface area contributed by atoms with Crippen molar-refractivity contribution < 1.29 is 4.79 Å². The fraction of sp³-hybridized carbons (Fsp3) is 0.444. The van der Waals surface area contributed by atoms with Gasteiger partial charge >= 0.3 is 0 Å². The van der Waals surface area contributed by atoms with E-state index in [0.29, 0.717) is 23.9 Å². The number of rotatable bonds is 6. The smallest absolute Gasteiger partial charge is 0.224 e. The highest BCUT2D eigenvalue weighted by atomic mass is 35.5. The number of nitrogens with one attached hydrogen (secondary N) is 1. The molecule has 0 saturated heterocycles. The summed E-state index contributed by atoms with van der Waals surface area (Å²) >= 11 is 5.94. The number of amides is 1. The zero-order valence-corrected chi connectivity index (χ0v) is 16.0. The largest absolute Gasteiger partial charge is 0.354 e. The van der Waals surface area contributed by atoms with E-state index in [1.54, 1.807) is 0 Å². The fourth-order valence-electron chi connectivity index (χ4n) is 2.91. The summed E-state index contributed by atoms with van der Waals surface area (Å²) in [6, 6.07) is 7.58. The summed E-state index contributed by atoms with van der Waals surface area (Å²) in [5, 5.41) is 8.20. The third kappa shape index (κ3) is 4.75. The van der Waals surface area contributed by atoms with Gasteiger partial charge in [-0.15, -0.1) is 12.4 Å². The summed E-state index contributed by atoms with van der Waals surface area (Å²) in [4.78, 5) is 12.2. The van der Waals surface area contributed by atoms with Gasteiger partial charge in [0.1, 0.15) is 0 Å². The molecule has 2 aromatic rings. The molecule has 3 N–H and O–H groups in total. The highest BCUT2D eigenvalue weighted by Crippen LogP contribution is 2.31. The van der Waals surface area contributed by atoms with E-state index < -0.39 is 0 Å². The van der Waals surface area contributed by atoms with Gasteiger partial charge in [-0.05, 0) is 56.9 Å². The predicted molar refractivity (Wildman–Crippen MR) is 103 cm³/mol.